The normalized spacial score (nSPS) is 21.1. The Kier molecular flexibility index (Phi) is 9.02. The van der Waals surface area contributed by atoms with Crippen molar-refractivity contribution in [1.82, 2.24) is 30.0 Å². The summed E-state index contributed by atoms with van der Waals surface area (Å²) in [5.41, 5.74) is 3.62. The number of nitriles is 1. The first-order valence-corrected chi connectivity index (χ1v) is 16.6. The number of hydrogen-bond donors (Lipinski definition) is 3. The summed E-state index contributed by atoms with van der Waals surface area (Å²) >= 11 is 0. The minimum atomic E-state index is -0.917. The summed E-state index contributed by atoms with van der Waals surface area (Å²) in [4.78, 5) is 18.5. The van der Waals surface area contributed by atoms with Crippen LogP contribution in [0.4, 0.5) is 17.6 Å². The molecule has 5 heterocycles. The van der Waals surface area contributed by atoms with Gasteiger partial charge in [-0.2, -0.15) is 15.3 Å². The minimum Gasteiger partial charge on any atom is -0.381 e. The van der Waals surface area contributed by atoms with Crippen LogP contribution in [-0.2, 0) is 18.3 Å². The Morgan fingerprint density at radius 3 is 2.49 bits per heavy atom. The number of nitrogens with zero attached hydrogens (tertiary/aromatic N) is 8. The molecule has 2 aliphatic heterocycles. The van der Waals surface area contributed by atoms with E-state index in [4.69, 9.17) is 14.7 Å². The number of benzene rings is 1. The second kappa shape index (κ2) is 13.7. The fraction of sp³-hybridized carbons (Fsp3) is 0.457. The molecule has 1 aromatic carbocycles. The smallest absolute Gasteiger partial charge is 0.224 e. The van der Waals surface area contributed by atoms with Gasteiger partial charge < -0.3 is 25.0 Å². The van der Waals surface area contributed by atoms with Gasteiger partial charge in [0.1, 0.15) is 17.5 Å². The molecule has 3 fully saturated rings. The molecular weight excluding hydrogens is 592 g/mol. The Bertz CT molecular complexity index is 1670. The molecule has 2 saturated heterocycles. The number of nitrogens with one attached hydrogen (secondary N) is 2. The fourth-order valence-corrected chi connectivity index (χ4v) is 7.24. The molecule has 4 aromatic rings. The van der Waals surface area contributed by atoms with E-state index in [2.05, 4.69) is 31.7 Å². The molecule has 1 unspecified atom stereocenters. The van der Waals surface area contributed by atoms with E-state index in [1.54, 1.807) is 10.9 Å². The van der Waals surface area contributed by atoms with Crippen LogP contribution < -0.4 is 20.4 Å². The molecule has 1 aliphatic carbocycles. The van der Waals surface area contributed by atoms with E-state index in [-0.39, 0.29) is 17.6 Å². The van der Waals surface area contributed by atoms with Crippen molar-refractivity contribution in [2.24, 2.45) is 7.05 Å². The predicted octanol–water partition coefficient (Wildman–Crippen LogP) is 4.20. The molecule has 12 heteroatoms. The first-order chi connectivity index (χ1) is 23.0. The Balaban J connectivity index is 1.04. The van der Waals surface area contributed by atoms with Gasteiger partial charge in [-0.25, -0.2) is 9.97 Å². The van der Waals surface area contributed by atoms with Gasteiger partial charge in [0.2, 0.25) is 5.95 Å². The number of pyridine rings is 1. The molecule has 3 aromatic heterocycles. The monoisotopic (exact) mass is 634 g/mol. The highest BCUT2D eigenvalue weighted by Crippen LogP contribution is 2.43. The van der Waals surface area contributed by atoms with Crippen LogP contribution in [0.1, 0.15) is 56.1 Å². The third kappa shape index (κ3) is 6.65. The van der Waals surface area contributed by atoms with Gasteiger partial charge in [0, 0.05) is 74.5 Å². The van der Waals surface area contributed by atoms with Crippen LogP contribution in [0.25, 0.3) is 11.1 Å². The molecule has 1 saturated carbocycles. The molecule has 0 bridgehead atoms. The van der Waals surface area contributed by atoms with Crippen molar-refractivity contribution in [3.05, 3.63) is 78.4 Å². The van der Waals surface area contributed by atoms with Crippen LogP contribution in [0.15, 0.2) is 67.3 Å². The van der Waals surface area contributed by atoms with Crippen molar-refractivity contribution in [3.63, 3.8) is 0 Å². The van der Waals surface area contributed by atoms with Crippen molar-refractivity contribution in [2.75, 3.05) is 34.9 Å². The second-order valence-electron chi connectivity index (χ2n) is 12.9. The number of hydrogen-bond acceptors (Lipinski definition) is 11. The van der Waals surface area contributed by atoms with Crippen molar-refractivity contribution < 1.29 is 9.84 Å². The average Bonchev–Trinajstić information content (AvgIpc) is 3.55. The third-order valence-corrected chi connectivity index (χ3v) is 10.0. The minimum absolute atomic E-state index is 0.0383. The van der Waals surface area contributed by atoms with Crippen LogP contribution in [0.5, 0.6) is 0 Å². The van der Waals surface area contributed by atoms with Crippen molar-refractivity contribution in [1.29, 1.82) is 5.26 Å². The van der Waals surface area contributed by atoms with Gasteiger partial charge in [0.05, 0.1) is 12.4 Å². The lowest BCUT2D eigenvalue weighted by atomic mass is 9.78. The van der Waals surface area contributed by atoms with Gasteiger partial charge in [0.25, 0.3) is 0 Å². The quantitative estimate of drug-likeness (QED) is 0.216. The zero-order chi connectivity index (χ0) is 32.2. The molecule has 1 atom stereocenters. The van der Waals surface area contributed by atoms with E-state index in [1.165, 1.54) is 0 Å². The lowest BCUT2D eigenvalue weighted by Crippen LogP contribution is -2.63. The third-order valence-electron chi connectivity index (χ3n) is 10.0. The number of aliphatic hydroxyl groups excluding tert-OH is 1. The molecule has 3 aliphatic rings. The summed E-state index contributed by atoms with van der Waals surface area (Å²) < 4.78 is 7.40. The number of aryl methyl sites for hydroxylation is 1. The summed E-state index contributed by atoms with van der Waals surface area (Å²) in [6, 6.07) is 16.7. The van der Waals surface area contributed by atoms with E-state index in [9.17, 15) is 10.4 Å². The number of rotatable bonds is 10. The van der Waals surface area contributed by atoms with E-state index < -0.39 is 6.35 Å². The maximum absolute atomic E-state index is 11.5. The van der Waals surface area contributed by atoms with E-state index >= 15 is 0 Å². The van der Waals surface area contributed by atoms with Crippen LogP contribution >= 0.6 is 0 Å². The lowest BCUT2D eigenvalue weighted by molar-refractivity contribution is 0.0284. The molecule has 47 heavy (non-hydrogen) atoms. The second-order valence-corrected chi connectivity index (χ2v) is 12.9. The van der Waals surface area contributed by atoms with Gasteiger partial charge in [-0.05, 0) is 62.6 Å². The first-order valence-electron chi connectivity index (χ1n) is 16.6. The summed E-state index contributed by atoms with van der Waals surface area (Å²) in [5.74, 6) is 2.01. The lowest BCUT2D eigenvalue weighted by Gasteiger charge is -2.55. The Morgan fingerprint density at radius 2 is 1.83 bits per heavy atom. The van der Waals surface area contributed by atoms with Crippen molar-refractivity contribution in [3.8, 4) is 17.2 Å². The van der Waals surface area contributed by atoms with Crippen molar-refractivity contribution >= 4 is 17.6 Å². The molecule has 244 valence electrons. The zero-order valence-electron chi connectivity index (χ0n) is 26.8. The highest BCUT2D eigenvalue weighted by atomic mass is 16.5. The molecule has 0 amide bonds. The molecule has 1 spiro atoms. The molecule has 7 rings (SSSR count). The Morgan fingerprint density at radius 1 is 1.02 bits per heavy atom. The van der Waals surface area contributed by atoms with Crippen LogP contribution in [0.2, 0.25) is 0 Å². The predicted molar refractivity (Wildman–Crippen MR) is 179 cm³/mol. The fourth-order valence-electron chi connectivity index (χ4n) is 7.24. The highest BCUT2D eigenvalue weighted by Gasteiger charge is 2.47. The van der Waals surface area contributed by atoms with Crippen LogP contribution in [0, 0.1) is 11.3 Å². The Labute approximate surface area is 275 Å². The Hall–Kier alpha value is -4.57. The zero-order valence-corrected chi connectivity index (χ0v) is 26.8. The highest BCUT2D eigenvalue weighted by molar-refractivity contribution is 5.62. The van der Waals surface area contributed by atoms with Gasteiger partial charge in [-0.1, -0.05) is 30.3 Å². The van der Waals surface area contributed by atoms with Gasteiger partial charge in [-0.3, -0.25) is 10.00 Å². The van der Waals surface area contributed by atoms with E-state index in [0.717, 1.165) is 93.0 Å². The molecule has 0 radical (unpaired) electrons. The summed E-state index contributed by atoms with van der Waals surface area (Å²) in [6.45, 7) is 2.92. The number of aromatic nitrogens is 5. The SMILES string of the molecule is Cn1cc(-c2ccc(N(C3CCC(Nc4ncc(C#N)c(N5CCC56CCOCC6)n4)CC3)C(O)NCc3ccccc3)nc2)cn1. The van der Waals surface area contributed by atoms with Crippen molar-refractivity contribution in [2.45, 2.75) is 75.5 Å². The number of aliphatic hydroxyl groups is 1. The molecule has 3 N–H and O–H groups in total. The largest absolute Gasteiger partial charge is 0.381 e. The van der Waals surface area contributed by atoms with Crippen LogP contribution in [0.3, 0.4) is 0 Å². The summed E-state index contributed by atoms with van der Waals surface area (Å²) in [7, 11) is 1.90. The van der Waals surface area contributed by atoms with E-state index in [1.807, 2.05) is 73.0 Å². The molecular formula is C35H42N10O2. The van der Waals surface area contributed by atoms with Crippen LogP contribution in [-0.4, -0.2) is 73.6 Å². The molecule has 12 nitrogen and oxygen atoms in total. The van der Waals surface area contributed by atoms with Gasteiger partial charge in [0.15, 0.2) is 12.2 Å². The standard InChI is InChI=1S/C35H42N10O2/c1-43-24-28(23-40-43)26-7-12-31(37-21-26)45(34(46)39-20-25-5-3-2-4-6-25)30-10-8-29(9-11-30)41-33-38-22-27(19-36)32(42-33)44-16-13-35(44)14-17-47-18-15-35/h2-7,12,21-24,29-30,34,39,46H,8-11,13-18,20H2,1H3,(H,38,41,42). The topological polar surface area (TPSA) is 140 Å². The average molecular weight is 635 g/mol. The van der Waals surface area contributed by atoms with Gasteiger partial charge >= 0.3 is 0 Å². The first kappa shape index (κ1) is 31.1. The maximum Gasteiger partial charge on any atom is 0.224 e. The summed E-state index contributed by atoms with van der Waals surface area (Å²) in [6.07, 6.45) is 12.8. The van der Waals surface area contributed by atoms with Gasteiger partial charge in [-0.15, -0.1) is 0 Å². The van der Waals surface area contributed by atoms with E-state index in [0.29, 0.717) is 18.1 Å². The number of ether oxygens (including phenoxy) is 1. The summed E-state index contributed by atoms with van der Waals surface area (Å²) in [5, 5.41) is 32.5. The maximum atomic E-state index is 11.5. The number of anilines is 3.